The van der Waals surface area contributed by atoms with Crippen LogP contribution in [0.5, 0.6) is 0 Å². The minimum absolute atomic E-state index is 0.149. The summed E-state index contributed by atoms with van der Waals surface area (Å²) in [4.78, 5) is 23.8. The van der Waals surface area contributed by atoms with Crippen LogP contribution in [0, 0.1) is 0 Å². The van der Waals surface area contributed by atoms with Crippen LogP contribution in [0.25, 0.3) is 0 Å². The van der Waals surface area contributed by atoms with Gasteiger partial charge in [0.15, 0.2) is 0 Å². The van der Waals surface area contributed by atoms with Gasteiger partial charge in [-0.25, -0.2) is 0 Å². The maximum Gasteiger partial charge on any atom is 0.244 e. The first-order chi connectivity index (χ1) is 11.7. The predicted molar refractivity (Wildman–Crippen MR) is 98.8 cm³/mol. The van der Waals surface area contributed by atoms with Crippen molar-refractivity contribution in [2.75, 3.05) is 13.2 Å². The van der Waals surface area contributed by atoms with E-state index in [4.69, 9.17) is 0 Å². The molecule has 3 N–H and O–H groups in total. The van der Waals surface area contributed by atoms with Gasteiger partial charge in [-0.1, -0.05) is 71.6 Å². The van der Waals surface area contributed by atoms with Crippen LogP contribution < -0.4 is 10.6 Å². The molecular formula is C19H38N2O3. The fourth-order valence-corrected chi connectivity index (χ4v) is 2.59. The van der Waals surface area contributed by atoms with Crippen LogP contribution in [-0.4, -0.2) is 36.1 Å². The van der Waals surface area contributed by atoms with Gasteiger partial charge in [-0.15, -0.1) is 0 Å². The average molecular weight is 343 g/mol. The van der Waals surface area contributed by atoms with Crippen LogP contribution in [0.15, 0.2) is 0 Å². The van der Waals surface area contributed by atoms with Gasteiger partial charge >= 0.3 is 0 Å². The summed E-state index contributed by atoms with van der Waals surface area (Å²) in [5, 5.41) is 14.7. The molecular weight excluding hydrogens is 304 g/mol. The highest BCUT2D eigenvalue weighted by Gasteiger charge is 2.18. The van der Waals surface area contributed by atoms with Crippen LogP contribution in [0.2, 0.25) is 0 Å². The molecule has 0 bridgehead atoms. The third-order valence-electron chi connectivity index (χ3n) is 4.17. The van der Waals surface area contributed by atoms with E-state index in [1.807, 2.05) is 0 Å². The highest BCUT2D eigenvalue weighted by molar-refractivity contribution is 5.87. The molecule has 0 saturated heterocycles. The first-order valence-corrected chi connectivity index (χ1v) is 9.83. The zero-order valence-corrected chi connectivity index (χ0v) is 15.7. The van der Waals surface area contributed by atoms with Gasteiger partial charge in [0.2, 0.25) is 11.8 Å². The maximum atomic E-state index is 11.9. The van der Waals surface area contributed by atoms with Crippen LogP contribution in [0.4, 0.5) is 0 Å². The van der Waals surface area contributed by atoms with Crippen molar-refractivity contribution in [3.8, 4) is 0 Å². The molecule has 5 heteroatoms. The van der Waals surface area contributed by atoms with Crippen molar-refractivity contribution < 1.29 is 14.7 Å². The second-order valence-electron chi connectivity index (χ2n) is 6.53. The number of hydrogen-bond acceptors (Lipinski definition) is 3. The summed E-state index contributed by atoms with van der Waals surface area (Å²) in [6.45, 7) is 4.58. The van der Waals surface area contributed by atoms with Crippen LogP contribution in [0.3, 0.4) is 0 Å². The molecule has 0 aromatic rings. The minimum atomic E-state index is -0.826. The maximum absolute atomic E-state index is 11.9. The lowest BCUT2D eigenvalue weighted by atomic mass is 10.1. The van der Waals surface area contributed by atoms with E-state index in [1.54, 1.807) is 0 Å². The van der Waals surface area contributed by atoms with Crippen LogP contribution >= 0.6 is 0 Å². The van der Waals surface area contributed by atoms with E-state index in [2.05, 4.69) is 24.5 Å². The summed E-state index contributed by atoms with van der Waals surface area (Å²) in [7, 11) is 0. The molecule has 0 rings (SSSR count). The van der Waals surface area contributed by atoms with Gasteiger partial charge in [0.25, 0.3) is 0 Å². The van der Waals surface area contributed by atoms with E-state index in [0.29, 0.717) is 13.0 Å². The Balaban J connectivity index is 3.76. The van der Waals surface area contributed by atoms with Gasteiger partial charge in [0.1, 0.15) is 6.04 Å². The number of unbranched alkanes of at least 4 members (excludes halogenated alkanes) is 9. The highest BCUT2D eigenvalue weighted by Crippen LogP contribution is 2.08. The number of carbonyl (C=O) groups is 2. The molecule has 1 unspecified atom stereocenters. The van der Waals surface area contributed by atoms with E-state index in [0.717, 1.165) is 44.9 Å². The Kier molecular flexibility index (Phi) is 16.0. The monoisotopic (exact) mass is 342 g/mol. The first-order valence-electron chi connectivity index (χ1n) is 9.83. The highest BCUT2D eigenvalue weighted by atomic mass is 16.3. The van der Waals surface area contributed by atoms with E-state index >= 15 is 0 Å². The second-order valence-corrected chi connectivity index (χ2v) is 6.53. The van der Waals surface area contributed by atoms with E-state index in [-0.39, 0.29) is 18.4 Å². The molecule has 1 atom stereocenters. The first kappa shape index (κ1) is 22.9. The number of aliphatic hydroxyl groups is 1. The molecule has 0 aliphatic carbocycles. The molecule has 0 spiro atoms. The van der Waals surface area contributed by atoms with Crippen molar-refractivity contribution in [2.45, 2.75) is 96.9 Å². The lowest BCUT2D eigenvalue weighted by Gasteiger charge is -2.16. The normalized spacial score (nSPS) is 12.0. The Bertz CT molecular complexity index is 322. The molecule has 0 aliphatic heterocycles. The predicted octanol–water partition coefficient (Wildman–Crippen LogP) is 3.30. The van der Waals surface area contributed by atoms with Gasteiger partial charge in [0.05, 0.1) is 6.61 Å². The zero-order chi connectivity index (χ0) is 18.0. The third kappa shape index (κ3) is 13.3. The summed E-state index contributed by atoms with van der Waals surface area (Å²) in [5.74, 6) is -0.439. The Morgan fingerprint density at radius 1 is 0.833 bits per heavy atom. The van der Waals surface area contributed by atoms with Gasteiger partial charge < -0.3 is 15.7 Å². The average Bonchev–Trinajstić information content (AvgIpc) is 2.58. The molecule has 2 amide bonds. The third-order valence-corrected chi connectivity index (χ3v) is 4.17. The number of nitrogens with one attached hydrogen (secondary N) is 2. The Morgan fingerprint density at radius 3 is 1.96 bits per heavy atom. The van der Waals surface area contributed by atoms with Crippen molar-refractivity contribution in [3.05, 3.63) is 0 Å². The summed E-state index contributed by atoms with van der Waals surface area (Å²) in [5.41, 5.74) is 0. The van der Waals surface area contributed by atoms with E-state index < -0.39 is 6.04 Å². The smallest absolute Gasteiger partial charge is 0.244 e. The molecule has 0 heterocycles. The largest absolute Gasteiger partial charge is 0.394 e. The van der Waals surface area contributed by atoms with Crippen molar-refractivity contribution in [2.24, 2.45) is 0 Å². The van der Waals surface area contributed by atoms with Gasteiger partial charge in [-0.3, -0.25) is 9.59 Å². The van der Waals surface area contributed by atoms with Gasteiger partial charge in [-0.05, 0) is 12.8 Å². The molecule has 0 aromatic heterocycles. The Labute approximate surface area is 148 Å². The Morgan fingerprint density at radius 2 is 1.38 bits per heavy atom. The lowest BCUT2D eigenvalue weighted by Crippen LogP contribution is -2.49. The zero-order valence-electron chi connectivity index (χ0n) is 15.7. The quantitative estimate of drug-likeness (QED) is 0.377. The molecule has 5 nitrogen and oxygen atoms in total. The van der Waals surface area contributed by atoms with Gasteiger partial charge in [-0.2, -0.15) is 0 Å². The number of rotatable bonds is 16. The molecule has 0 aliphatic rings. The molecule has 0 aromatic carbocycles. The summed E-state index contributed by atoms with van der Waals surface area (Å²) in [6, 6.07) is -0.826. The number of carbonyl (C=O) groups excluding carboxylic acids is 2. The molecule has 142 valence electrons. The fraction of sp³-hybridized carbons (Fsp3) is 0.895. The number of amides is 2. The molecule has 24 heavy (non-hydrogen) atoms. The summed E-state index contributed by atoms with van der Waals surface area (Å²) in [6.07, 6.45) is 12.8. The molecule has 0 radical (unpaired) electrons. The summed E-state index contributed by atoms with van der Waals surface area (Å²) >= 11 is 0. The van der Waals surface area contributed by atoms with Crippen molar-refractivity contribution >= 4 is 11.8 Å². The molecule has 0 saturated carbocycles. The topological polar surface area (TPSA) is 78.4 Å². The SMILES string of the molecule is CCCCCCCCCC(=O)NC(CO)C(=O)NCCCCCC. The van der Waals surface area contributed by atoms with Crippen LogP contribution in [-0.2, 0) is 9.59 Å². The van der Waals surface area contributed by atoms with Crippen molar-refractivity contribution in [3.63, 3.8) is 0 Å². The standard InChI is InChI=1S/C19H38N2O3/c1-3-5-7-9-10-11-12-14-18(23)21-17(16-22)19(24)20-15-13-8-6-4-2/h17,22H,3-16H2,1-2H3,(H,20,24)(H,21,23). The second kappa shape index (κ2) is 16.7. The lowest BCUT2D eigenvalue weighted by molar-refractivity contribution is -0.130. The Hall–Kier alpha value is -1.10. The van der Waals surface area contributed by atoms with Gasteiger partial charge in [0, 0.05) is 13.0 Å². The molecule has 0 fully saturated rings. The summed E-state index contributed by atoms with van der Waals surface area (Å²) < 4.78 is 0. The number of aliphatic hydroxyl groups excluding tert-OH is 1. The van der Waals surface area contributed by atoms with Crippen LogP contribution in [0.1, 0.15) is 90.9 Å². The van der Waals surface area contributed by atoms with Crippen molar-refractivity contribution in [1.82, 2.24) is 10.6 Å². The fourth-order valence-electron chi connectivity index (χ4n) is 2.59. The van der Waals surface area contributed by atoms with Crippen molar-refractivity contribution in [1.29, 1.82) is 0 Å². The number of hydrogen-bond donors (Lipinski definition) is 3. The minimum Gasteiger partial charge on any atom is -0.394 e. The van der Waals surface area contributed by atoms with E-state index in [9.17, 15) is 14.7 Å². The van der Waals surface area contributed by atoms with E-state index in [1.165, 1.54) is 25.7 Å².